The highest BCUT2D eigenvalue weighted by molar-refractivity contribution is 7.22. The lowest BCUT2D eigenvalue weighted by Gasteiger charge is -2.30. The number of rotatable bonds is 9. The molecular weight excluding hydrogens is 424 g/mol. The maximum Gasteiger partial charge on any atom is 0.251 e. The van der Waals surface area contributed by atoms with E-state index in [1.807, 2.05) is 36.4 Å². The molecule has 1 aromatic heterocycles. The van der Waals surface area contributed by atoms with E-state index in [1.54, 1.807) is 11.3 Å². The summed E-state index contributed by atoms with van der Waals surface area (Å²) in [4.78, 5) is 19.6. The number of carbonyl (C=O) groups is 1. The lowest BCUT2D eigenvalue weighted by Crippen LogP contribution is -2.42. The van der Waals surface area contributed by atoms with Gasteiger partial charge in [-0.2, -0.15) is 0 Å². The average molecular weight is 455 g/mol. The molecule has 170 valence electrons. The maximum atomic E-state index is 12.6. The van der Waals surface area contributed by atoms with Crippen LogP contribution >= 0.6 is 11.3 Å². The van der Waals surface area contributed by atoms with Gasteiger partial charge in [-0.05, 0) is 63.6 Å². The SMILES string of the molecule is CC(C)N(CCNC(=O)c1ccc2nc(NCc3ccc4c(c3)OCO4)sc2c1)C(C)C. The molecule has 0 unspecified atom stereocenters. The normalized spacial score (nSPS) is 12.8. The largest absolute Gasteiger partial charge is 0.454 e. The van der Waals surface area contributed by atoms with Crippen molar-refractivity contribution in [2.24, 2.45) is 0 Å². The van der Waals surface area contributed by atoms with Crippen molar-refractivity contribution in [2.75, 3.05) is 25.2 Å². The number of aromatic nitrogens is 1. The predicted octanol–water partition coefficient (Wildman–Crippen LogP) is 4.49. The van der Waals surface area contributed by atoms with Gasteiger partial charge in [-0.15, -0.1) is 0 Å². The molecule has 1 aliphatic rings. The summed E-state index contributed by atoms with van der Waals surface area (Å²) >= 11 is 1.54. The molecule has 32 heavy (non-hydrogen) atoms. The summed E-state index contributed by atoms with van der Waals surface area (Å²) in [7, 11) is 0. The van der Waals surface area contributed by atoms with Gasteiger partial charge in [-0.3, -0.25) is 9.69 Å². The molecular formula is C24H30N4O3S. The molecule has 0 saturated heterocycles. The van der Waals surface area contributed by atoms with E-state index in [0.717, 1.165) is 39.0 Å². The van der Waals surface area contributed by atoms with E-state index in [9.17, 15) is 4.79 Å². The molecule has 0 aliphatic carbocycles. The fourth-order valence-corrected chi connectivity index (χ4v) is 4.78. The van der Waals surface area contributed by atoms with E-state index >= 15 is 0 Å². The van der Waals surface area contributed by atoms with Crippen LogP contribution in [0.4, 0.5) is 5.13 Å². The number of nitrogens with one attached hydrogen (secondary N) is 2. The molecule has 8 heteroatoms. The smallest absolute Gasteiger partial charge is 0.251 e. The highest BCUT2D eigenvalue weighted by Gasteiger charge is 2.15. The number of thiazole rings is 1. The first-order valence-electron chi connectivity index (χ1n) is 11.0. The molecule has 1 aliphatic heterocycles. The van der Waals surface area contributed by atoms with Gasteiger partial charge in [0.1, 0.15) is 0 Å². The molecule has 2 heterocycles. The minimum absolute atomic E-state index is 0.0531. The van der Waals surface area contributed by atoms with Crippen LogP contribution in [0.1, 0.15) is 43.6 Å². The highest BCUT2D eigenvalue weighted by Crippen LogP contribution is 2.33. The van der Waals surface area contributed by atoms with Gasteiger partial charge in [-0.1, -0.05) is 17.4 Å². The third-order valence-corrected chi connectivity index (χ3v) is 6.49. The van der Waals surface area contributed by atoms with Crippen LogP contribution in [0.3, 0.4) is 0 Å². The van der Waals surface area contributed by atoms with Crippen molar-refractivity contribution in [3.05, 3.63) is 47.5 Å². The van der Waals surface area contributed by atoms with E-state index in [2.05, 4.69) is 48.2 Å². The molecule has 0 fully saturated rings. The molecule has 0 atom stereocenters. The van der Waals surface area contributed by atoms with Crippen LogP contribution in [0.2, 0.25) is 0 Å². The van der Waals surface area contributed by atoms with Crippen molar-refractivity contribution in [2.45, 2.75) is 46.3 Å². The van der Waals surface area contributed by atoms with Crippen LogP contribution in [0, 0.1) is 0 Å². The van der Waals surface area contributed by atoms with Crippen molar-refractivity contribution in [1.29, 1.82) is 0 Å². The second-order valence-electron chi connectivity index (χ2n) is 8.42. The number of fused-ring (bicyclic) bond motifs is 2. The zero-order chi connectivity index (χ0) is 22.7. The van der Waals surface area contributed by atoms with Gasteiger partial charge < -0.3 is 20.1 Å². The summed E-state index contributed by atoms with van der Waals surface area (Å²) in [5.41, 5.74) is 2.63. The Labute approximate surface area is 192 Å². The number of carbonyl (C=O) groups excluding carboxylic acids is 1. The summed E-state index contributed by atoms with van der Waals surface area (Å²) in [5, 5.41) is 7.23. The Kier molecular flexibility index (Phi) is 6.81. The molecule has 2 aromatic carbocycles. The Morgan fingerprint density at radius 3 is 2.66 bits per heavy atom. The van der Waals surface area contributed by atoms with Gasteiger partial charge >= 0.3 is 0 Å². The number of ether oxygens (including phenoxy) is 2. The van der Waals surface area contributed by atoms with Gasteiger partial charge in [0.05, 0.1) is 10.2 Å². The standard InChI is InChI=1S/C24H30N4O3S/c1-15(2)28(16(3)4)10-9-25-23(29)18-6-7-19-22(12-18)32-24(27-19)26-13-17-5-8-20-21(11-17)31-14-30-20/h5-8,11-12,15-16H,9-10,13-14H2,1-4H3,(H,25,29)(H,26,27). The summed E-state index contributed by atoms with van der Waals surface area (Å²) in [6.07, 6.45) is 0. The van der Waals surface area contributed by atoms with E-state index in [1.165, 1.54) is 0 Å². The van der Waals surface area contributed by atoms with E-state index in [0.29, 0.717) is 30.7 Å². The zero-order valence-corrected chi connectivity index (χ0v) is 19.8. The van der Waals surface area contributed by atoms with Gasteiger partial charge in [0.2, 0.25) is 6.79 Å². The first-order chi connectivity index (χ1) is 15.4. The number of hydrogen-bond donors (Lipinski definition) is 2. The lowest BCUT2D eigenvalue weighted by molar-refractivity contribution is 0.0939. The fraction of sp³-hybridized carbons (Fsp3) is 0.417. The Bertz CT molecular complexity index is 1090. The van der Waals surface area contributed by atoms with E-state index < -0.39 is 0 Å². The van der Waals surface area contributed by atoms with E-state index in [4.69, 9.17) is 9.47 Å². The second-order valence-corrected chi connectivity index (χ2v) is 9.45. The van der Waals surface area contributed by atoms with Crippen molar-refractivity contribution < 1.29 is 14.3 Å². The van der Waals surface area contributed by atoms with Crippen molar-refractivity contribution in [1.82, 2.24) is 15.2 Å². The first-order valence-corrected chi connectivity index (χ1v) is 11.8. The number of benzene rings is 2. The molecule has 3 aromatic rings. The molecule has 4 rings (SSSR count). The molecule has 0 spiro atoms. The maximum absolute atomic E-state index is 12.6. The summed E-state index contributed by atoms with van der Waals surface area (Å²) < 4.78 is 11.8. The van der Waals surface area contributed by atoms with Crippen molar-refractivity contribution in [3.63, 3.8) is 0 Å². The van der Waals surface area contributed by atoms with Crippen molar-refractivity contribution >= 4 is 32.6 Å². The fourth-order valence-electron chi connectivity index (χ4n) is 3.88. The lowest BCUT2D eigenvalue weighted by atomic mass is 10.2. The quantitative estimate of drug-likeness (QED) is 0.496. The highest BCUT2D eigenvalue weighted by atomic mass is 32.1. The third-order valence-electron chi connectivity index (χ3n) is 5.51. The van der Waals surface area contributed by atoms with E-state index in [-0.39, 0.29) is 12.7 Å². The monoisotopic (exact) mass is 454 g/mol. The third kappa shape index (κ3) is 5.14. The average Bonchev–Trinajstić information content (AvgIpc) is 3.39. The van der Waals surface area contributed by atoms with Crippen LogP contribution in [0.25, 0.3) is 10.2 Å². The van der Waals surface area contributed by atoms with Crippen LogP contribution in [-0.4, -0.2) is 47.8 Å². The molecule has 0 bridgehead atoms. The summed E-state index contributed by atoms with van der Waals surface area (Å²) in [6.45, 7) is 11.1. The summed E-state index contributed by atoms with van der Waals surface area (Å²) in [6, 6.07) is 12.5. The summed E-state index contributed by atoms with van der Waals surface area (Å²) in [5.74, 6) is 1.50. The Hall–Kier alpha value is -2.84. The predicted molar refractivity (Wildman–Crippen MR) is 129 cm³/mol. The Morgan fingerprint density at radius 1 is 1.09 bits per heavy atom. The number of hydrogen-bond acceptors (Lipinski definition) is 7. The zero-order valence-electron chi connectivity index (χ0n) is 19.0. The van der Waals surface area contributed by atoms with Gasteiger partial charge in [0.25, 0.3) is 5.91 Å². The van der Waals surface area contributed by atoms with Crippen LogP contribution in [-0.2, 0) is 6.54 Å². The van der Waals surface area contributed by atoms with Gasteiger partial charge in [0, 0.05) is 37.3 Å². The minimum atomic E-state index is -0.0531. The Balaban J connectivity index is 1.35. The van der Waals surface area contributed by atoms with Crippen LogP contribution in [0.15, 0.2) is 36.4 Å². The second kappa shape index (κ2) is 9.75. The van der Waals surface area contributed by atoms with Crippen LogP contribution in [0.5, 0.6) is 11.5 Å². The molecule has 0 radical (unpaired) electrons. The van der Waals surface area contributed by atoms with Gasteiger partial charge in [-0.25, -0.2) is 4.98 Å². The number of amides is 1. The minimum Gasteiger partial charge on any atom is -0.454 e. The molecule has 7 nitrogen and oxygen atoms in total. The number of anilines is 1. The molecule has 0 saturated carbocycles. The molecule has 1 amide bonds. The topological polar surface area (TPSA) is 75.7 Å². The first kappa shape index (κ1) is 22.4. The molecule has 2 N–H and O–H groups in total. The van der Waals surface area contributed by atoms with Crippen molar-refractivity contribution in [3.8, 4) is 11.5 Å². The van der Waals surface area contributed by atoms with Gasteiger partial charge in [0.15, 0.2) is 16.6 Å². The number of nitrogens with zero attached hydrogens (tertiary/aromatic N) is 2. The Morgan fingerprint density at radius 2 is 1.88 bits per heavy atom. The van der Waals surface area contributed by atoms with Crippen LogP contribution < -0.4 is 20.1 Å².